The molecule has 0 atom stereocenters. The number of nitrogens with zero attached hydrogens (tertiary/aromatic N) is 2. The van der Waals surface area contributed by atoms with Gasteiger partial charge in [0, 0.05) is 12.1 Å². The van der Waals surface area contributed by atoms with Gasteiger partial charge in [-0.15, -0.1) is 0 Å². The van der Waals surface area contributed by atoms with E-state index in [9.17, 15) is 4.79 Å². The van der Waals surface area contributed by atoms with Gasteiger partial charge in [-0.05, 0) is 19.1 Å². The van der Waals surface area contributed by atoms with Crippen LogP contribution >= 0.6 is 0 Å². The minimum atomic E-state index is -0.0392. The number of aromatic nitrogens is 2. The number of hydrogen-bond acceptors (Lipinski definition) is 2. The molecule has 0 saturated heterocycles. The quantitative estimate of drug-likeness (QED) is 0.804. The van der Waals surface area contributed by atoms with Gasteiger partial charge in [-0.1, -0.05) is 23.8 Å². The van der Waals surface area contributed by atoms with Gasteiger partial charge in [0.15, 0.2) is 0 Å². The van der Waals surface area contributed by atoms with Crippen molar-refractivity contribution in [2.75, 3.05) is 6.54 Å². The predicted molar refractivity (Wildman–Crippen MR) is 64.7 cm³/mol. The second-order valence-corrected chi connectivity index (χ2v) is 4.26. The van der Waals surface area contributed by atoms with Crippen molar-refractivity contribution in [3.8, 4) is 11.3 Å². The summed E-state index contributed by atoms with van der Waals surface area (Å²) in [4.78, 5) is 11.6. The van der Waals surface area contributed by atoms with Gasteiger partial charge in [0.1, 0.15) is 5.69 Å². The molecule has 0 saturated carbocycles. The first-order valence-electron chi connectivity index (χ1n) is 5.67. The summed E-state index contributed by atoms with van der Waals surface area (Å²) in [5.41, 5.74) is 3.76. The molecule has 86 valence electrons. The molecule has 0 aliphatic carbocycles. The Hall–Kier alpha value is -2.10. The fourth-order valence-corrected chi connectivity index (χ4v) is 2.08. The lowest BCUT2D eigenvalue weighted by Crippen LogP contribution is -2.35. The standard InChI is InChI=1S/C13H13N3O/c1-9-3-2-4-10(7-9)11-8-12-13(17)14-5-6-16(12)15-11/h2-4,7-8H,5-6H2,1H3,(H,14,17). The number of aryl methyl sites for hydroxylation is 1. The van der Waals surface area contributed by atoms with Crippen molar-refractivity contribution in [3.63, 3.8) is 0 Å². The molecule has 0 bridgehead atoms. The third kappa shape index (κ3) is 1.71. The molecule has 1 aliphatic rings. The van der Waals surface area contributed by atoms with E-state index in [-0.39, 0.29) is 5.91 Å². The number of fused-ring (bicyclic) bond motifs is 1. The lowest BCUT2D eigenvalue weighted by molar-refractivity contribution is 0.0924. The molecule has 1 aromatic carbocycles. The number of amides is 1. The molecule has 0 spiro atoms. The molecule has 17 heavy (non-hydrogen) atoms. The Balaban J connectivity index is 2.08. The maximum absolute atomic E-state index is 11.6. The van der Waals surface area contributed by atoms with Crippen LogP contribution < -0.4 is 5.32 Å². The lowest BCUT2D eigenvalue weighted by Gasteiger charge is -2.13. The average molecular weight is 227 g/mol. The van der Waals surface area contributed by atoms with Gasteiger partial charge in [-0.2, -0.15) is 5.10 Å². The van der Waals surface area contributed by atoms with E-state index in [0.717, 1.165) is 17.8 Å². The van der Waals surface area contributed by atoms with Gasteiger partial charge in [-0.3, -0.25) is 9.48 Å². The Kier molecular flexibility index (Phi) is 2.21. The third-order valence-electron chi connectivity index (χ3n) is 2.94. The second-order valence-electron chi connectivity index (χ2n) is 4.26. The van der Waals surface area contributed by atoms with Crippen molar-refractivity contribution < 1.29 is 4.79 Å². The molecule has 1 amide bonds. The molecule has 4 nitrogen and oxygen atoms in total. The predicted octanol–water partition coefficient (Wildman–Crippen LogP) is 1.60. The molecule has 0 fully saturated rings. The number of carbonyl (C=O) groups is 1. The summed E-state index contributed by atoms with van der Waals surface area (Å²) in [6, 6.07) is 9.99. The van der Waals surface area contributed by atoms with Crippen LogP contribution in [-0.2, 0) is 6.54 Å². The largest absolute Gasteiger partial charge is 0.349 e. The second kappa shape index (κ2) is 3.73. The third-order valence-corrected chi connectivity index (χ3v) is 2.94. The maximum Gasteiger partial charge on any atom is 0.269 e. The SMILES string of the molecule is Cc1cccc(-c2cc3n(n2)CCNC3=O)c1. The van der Waals surface area contributed by atoms with Crippen LogP contribution in [0.25, 0.3) is 11.3 Å². The van der Waals surface area contributed by atoms with E-state index in [1.165, 1.54) is 5.56 Å². The van der Waals surface area contributed by atoms with Crippen molar-refractivity contribution in [2.24, 2.45) is 0 Å². The smallest absolute Gasteiger partial charge is 0.269 e. The van der Waals surface area contributed by atoms with Crippen LogP contribution in [-0.4, -0.2) is 22.2 Å². The summed E-state index contributed by atoms with van der Waals surface area (Å²) < 4.78 is 1.77. The number of benzene rings is 1. The van der Waals surface area contributed by atoms with E-state index >= 15 is 0 Å². The maximum atomic E-state index is 11.6. The highest BCUT2D eigenvalue weighted by molar-refractivity contribution is 5.94. The summed E-state index contributed by atoms with van der Waals surface area (Å²) in [5, 5.41) is 7.28. The van der Waals surface area contributed by atoms with E-state index in [2.05, 4.69) is 16.5 Å². The zero-order chi connectivity index (χ0) is 11.8. The highest BCUT2D eigenvalue weighted by Crippen LogP contribution is 2.21. The average Bonchev–Trinajstić information content (AvgIpc) is 2.74. The fraction of sp³-hybridized carbons (Fsp3) is 0.231. The molecule has 2 heterocycles. The molecule has 1 N–H and O–H groups in total. The lowest BCUT2D eigenvalue weighted by atomic mass is 10.1. The minimum Gasteiger partial charge on any atom is -0.349 e. The monoisotopic (exact) mass is 227 g/mol. The Bertz CT molecular complexity index is 586. The summed E-state index contributed by atoms with van der Waals surface area (Å²) in [7, 11) is 0. The summed E-state index contributed by atoms with van der Waals surface area (Å²) in [5.74, 6) is -0.0392. The van der Waals surface area contributed by atoms with E-state index in [4.69, 9.17) is 0 Å². The van der Waals surface area contributed by atoms with Crippen molar-refractivity contribution in [1.29, 1.82) is 0 Å². The van der Waals surface area contributed by atoms with Gasteiger partial charge in [0.05, 0.1) is 12.2 Å². The summed E-state index contributed by atoms with van der Waals surface area (Å²) in [6.07, 6.45) is 0. The highest BCUT2D eigenvalue weighted by atomic mass is 16.2. The van der Waals surface area contributed by atoms with E-state index in [0.29, 0.717) is 12.2 Å². The number of hydrogen-bond donors (Lipinski definition) is 1. The van der Waals surface area contributed by atoms with Gasteiger partial charge in [0.25, 0.3) is 5.91 Å². The minimum absolute atomic E-state index is 0.0392. The molecule has 0 radical (unpaired) electrons. The molecule has 3 rings (SSSR count). The van der Waals surface area contributed by atoms with Gasteiger partial charge < -0.3 is 5.32 Å². The molecule has 0 unspecified atom stereocenters. The molecule has 1 aliphatic heterocycles. The Labute approximate surface area is 99.3 Å². The zero-order valence-electron chi connectivity index (χ0n) is 9.60. The molecule has 1 aromatic heterocycles. The number of nitrogens with one attached hydrogen (secondary N) is 1. The number of rotatable bonds is 1. The van der Waals surface area contributed by atoms with Crippen LogP contribution in [0.5, 0.6) is 0 Å². The van der Waals surface area contributed by atoms with Crippen molar-refractivity contribution in [3.05, 3.63) is 41.6 Å². The van der Waals surface area contributed by atoms with Crippen LogP contribution in [0, 0.1) is 6.92 Å². The van der Waals surface area contributed by atoms with Crippen molar-refractivity contribution in [1.82, 2.24) is 15.1 Å². The Morgan fingerprint density at radius 2 is 2.24 bits per heavy atom. The summed E-state index contributed by atoms with van der Waals surface area (Å²) in [6.45, 7) is 3.44. The first-order chi connectivity index (χ1) is 8.24. The zero-order valence-corrected chi connectivity index (χ0v) is 9.60. The van der Waals surface area contributed by atoms with Gasteiger partial charge in [0.2, 0.25) is 0 Å². The van der Waals surface area contributed by atoms with Crippen molar-refractivity contribution >= 4 is 5.91 Å². The first-order valence-corrected chi connectivity index (χ1v) is 5.67. The summed E-state index contributed by atoms with van der Waals surface area (Å²) >= 11 is 0. The topological polar surface area (TPSA) is 46.9 Å². The van der Waals surface area contributed by atoms with Crippen LogP contribution in [0.1, 0.15) is 16.1 Å². The van der Waals surface area contributed by atoms with E-state index in [1.54, 1.807) is 4.68 Å². The molecule has 4 heteroatoms. The molecular weight excluding hydrogens is 214 g/mol. The van der Waals surface area contributed by atoms with E-state index < -0.39 is 0 Å². The van der Waals surface area contributed by atoms with E-state index in [1.807, 2.05) is 31.2 Å². The van der Waals surface area contributed by atoms with Gasteiger partial charge >= 0.3 is 0 Å². The number of carbonyl (C=O) groups excluding carboxylic acids is 1. The van der Waals surface area contributed by atoms with Crippen LogP contribution in [0.3, 0.4) is 0 Å². The molecule has 2 aromatic rings. The fourth-order valence-electron chi connectivity index (χ4n) is 2.08. The Morgan fingerprint density at radius 1 is 1.35 bits per heavy atom. The first kappa shape index (κ1) is 10.1. The molecular formula is C13H13N3O. The highest BCUT2D eigenvalue weighted by Gasteiger charge is 2.19. The Morgan fingerprint density at radius 3 is 3.00 bits per heavy atom. The van der Waals surface area contributed by atoms with Crippen LogP contribution in [0.4, 0.5) is 0 Å². The van der Waals surface area contributed by atoms with Crippen LogP contribution in [0.2, 0.25) is 0 Å². The van der Waals surface area contributed by atoms with Crippen molar-refractivity contribution in [2.45, 2.75) is 13.5 Å². The van der Waals surface area contributed by atoms with Crippen LogP contribution in [0.15, 0.2) is 30.3 Å². The normalized spacial score (nSPS) is 14.3. The van der Waals surface area contributed by atoms with Gasteiger partial charge in [-0.25, -0.2) is 0 Å².